The molecule has 0 spiro atoms. The molecular formula is C56H34N2O4. The molecule has 0 aliphatic carbocycles. The van der Waals surface area contributed by atoms with Crippen LogP contribution in [-0.2, 0) is 0 Å². The molecule has 9 aromatic carbocycles. The lowest BCUT2D eigenvalue weighted by molar-refractivity contribution is 0.0534. The highest BCUT2D eigenvalue weighted by Gasteiger charge is 2.41. The lowest BCUT2D eigenvalue weighted by Gasteiger charge is -2.34. The Balaban J connectivity index is 1.26. The summed E-state index contributed by atoms with van der Waals surface area (Å²) in [6, 6.07) is 48.4. The molecule has 292 valence electrons. The Bertz CT molecular complexity index is 3280. The van der Waals surface area contributed by atoms with E-state index in [9.17, 15) is 19.2 Å². The molecule has 11 rings (SSSR count). The average Bonchev–Trinajstić information content (AvgIpc) is 3.32. The fraction of sp³-hybridized carbons (Fsp3) is 0.0714. The van der Waals surface area contributed by atoms with E-state index in [1.165, 1.54) is 9.80 Å². The van der Waals surface area contributed by atoms with Crippen molar-refractivity contribution in [3.05, 3.63) is 213 Å². The van der Waals surface area contributed by atoms with Crippen molar-refractivity contribution in [2.45, 2.75) is 25.9 Å². The standard InChI is InChI=1S/C56H34N2O4/c1-33(37-19-11-5-12-20-37)57-53(59)43-29-27-41-48-40(26-24-36-17-9-4-10-18-36)32-46-50-44(54(60)58(56(46)62)34(2)38-21-13-6-14-22-38)30-28-42(52(48)50)47-39(25-23-35-15-7-3-8-16-35)31-45(55(57)61)49(43)51(41)47/h3-22,27-34H,1-2H3. The Kier molecular flexibility index (Phi) is 8.39. The quantitative estimate of drug-likeness (QED) is 0.0769. The molecule has 2 heterocycles. The van der Waals surface area contributed by atoms with Crippen LogP contribution in [0.15, 0.2) is 158 Å². The van der Waals surface area contributed by atoms with Gasteiger partial charge in [-0.2, -0.15) is 0 Å². The summed E-state index contributed by atoms with van der Waals surface area (Å²) in [6.45, 7) is 3.74. The maximum atomic E-state index is 14.9. The highest BCUT2D eigenvalue weighted by Crippen LogP contribution is 2.49. The van der Waals surface area contributed by atoms with E-state index >= 15 is 0 Å². The molecule has 0 fully saturated rings. The van der Waals surface area contributed by atoms with E-state index in [4.69, 9.17) is 0 Å². The van der Waals surface area contributed by atoms with Crippen molar-refractivity contribution in [2.24, 2.45) is 0 Å². The number of hydrogen-bond acceptors (Lipinski definition) is 4. The lowest BCUT2D eigenvalue weighted by atomic mass is 9.79. The first-order chi connectivity index (χ1) is 30.3. The van der Waals surface area contributed by atoms with Gasteiger partial charge in [-0.15, -0.1) is 0 Å². The van der Waals surface area contributed by atoms with Gasteiger partial charge in [-0.3, -0.25) is 29.0 Å². The lowest BCUT2D eigenvalue weighted by Crippen LogP contribution is -2.42. The Morgan fingerprint density at radius 1 is 0.355 bits per heavy atom. The zero-order valence-corrected chi connectivity index (χ0v) is 33.7. The summed E-state index contributed by atoms with van der Waals surface area (Å²) >= 11 is 0. The van der Waals surface area contributed by atoms with E-state index in [0.717, 1.165) is 43.8 Å². The molecule has 0 N–H and O–H groups in total. The summed E-state index contributed by atoms with van der Waals surface area (Å²) in [7, 11) is 0. The van der Waals surface area contributed by atoms with Crippen molar-refractivity contribution in [1.29, 1.82) is 0 Å². The molecule has 0 bridgehead atoms. The number of fused-ring (bicyclic) bond motifs is 2. The smallest absolute Gasteiger partial charge is 0.262 e. The number of rotatable bonds is 4. The van der Waals surface area contributed by atoms with Crippen LogP contribution in [0.4, 0.5) is 0 Å². The normalized spacial score (nSPS) is 14.3. The third-order valence-electron chi connectivity index (χ3n) is 12.5. The van der Waals surface area contributed by atoms with Gasteiger partial charge < -0.3 is 0 Å². The maximum Gasteiger partial charge on any atom is 0.262 e. The van der Waals surface area contributed by atoms with Gasteiger partial charge in [0.15, 0.2) is 0 Å². The molecule has 6 nitrogen and oxygen atoms in total. The van der Waals surface area contributed by atoms with Crippen molar-refractivity contribution in [3.63, 3.8) is 0 Å². The molecule has 0 radical (unpaired) electrons. The minimum Gasteiger partial charge on any atom is -0.269 e. The number of carbonyl (C=O) groups excluding carboxylic acids is 4. The van der Waals surface area contributed by atoms with Gasteiger partial charge in [-0.25, -0.2) is 0 Å². The van der Waals surface area contributed by atoms with Gasteiger partial charge >= 0.3 is 0 Å². The molecule has 9 aromatic rings. The highest BCUT2D eigenvalue weighted by molar-refractivity contribution is 6.42. The van der Waals surface area contributed by atoms with Gasteiger partial charge in [0.1, 0.15) is 0 Å². The molecule has 2 unspecified atom stereocenters. The van der Waals surface area contributed by atoms with E-state index in [2.05, 4.69) is 23.7 Å². The number of hydrogen-bond donors (Lipinski definition) is 0. The van der Waals surface area contributed by atoms with E-state index in [1.807, 2.05) is 159 Å². The maximum absolute atomic E-state index is 14.9. The third-order valence-corrected chi connectivity index (χ3v) is 12.5. The van der Waals surface area contributed by atoms with Crippen molar-refractivity contribution in [3.8, 4) is 23.7 Å². The summed E-state index contributed by atoms with van der Waals surface area (Å²) in [4.78, 5) is 61.9. The predicted molar refractivity (Wildman–Crippen MR) is 243 cm³/mol. The second-order valence-electron chi connectivity index (χ2n) is 15.9. The van der Waals surface area contributed by atoms with Gasteiger partial charge in [-0.1, -0.05) is 133 Å². The van der Waals surface area contributed by atoms with E-state index < -0.39 is 23.9 Å². The number of imide groups is 2. The Morgan fingerprint density at radius 2 is 0.694 bits per heavy atom. The fourth-order valence-electron chi connectivity index (χ4n) is 9.49. The summed E-state index contributed by atoms with van der Waals surface area (Å²) < 4.78 is 0. The minimum atomic E-state index is -0.540. The summed E-state index contributed by atoms with van der Waals surface area (Å²) in [5, 5.41) is 5.44. The first-order valence-corrected chi connectivity index (χ1v) is 20.6. The zero-order valence-electron chi connectivity index (χ0n) is 33.7. The van der Waals surface area contributed by atoms with Gasteiger partial charge in [0.25, 0.3) is 23.6 Å². The van der Waals surface area contributed by atoms with Crippen LogP contribution in [0.3, 0.4) is 0 Å². The van der Waals surface area contributed by atoms with Crippen LogP contribution in [0.2, 0.25) is 0 Å². The van der Waals surface area contributed by atoms with E-state index in [-0.39, 0.29) is 11.8 Å². The van der Waals surface area contributed by atoms with Gasteiger partial charge in [0.05, 0.1) is 12.1 Å². The topological polar surface area (TPSA) is 74.8 Å². The Morgan fingerprint density at radius 3 is 1.06 bits per heavy atom. The Labute approximate surface area is 357 Å². The van der Waals surface area contributed by atoms with Crippen LogP contribution in [0.5, 0.6) is 0 Å². The fourth-order valence-corrected chi connectivity index (χ4v) is 9.49. The minimum absolute atomic E-state index is 0.377. The highest BCUT2D eigenvalue weighted by atomic mass is 16.2. The zero-order chi connectivity index (χ0) is 42.2. The van der Waals surface area contributed by atoms with Crippen LogP contribution >= 0.6 is 0 Å². The number of carbonyl (C=O) groups is 4. The number of benzene rings is 9. The first-order valence-electron chi connectivity index (χ1n) is 20.6. The van der Waals surface area contributed by atoms with Crippen molar-refractivity contribution >= 4 is 66.7 Å². The SMILES string of the molecule is CC(c1ccccc1)N1C(=O)c2ccc3c4c(C#Cc5ccccc5)cc5c6c(ccc(c7c(C#Cc8ccccc8)cc(c2c37)C1=O)c64)C(=O)N(C(C)c1ccccc1)C5=O. The average molecular weight is 799 g/mol. The van der Waals surface area contributed by atoms with Crippen molar-refractivity contribution in [1.82, 2.24) is 9.80 Å². The molecule has 6 heteroatoms. The number of amides is 4. The molecule has 2 atom stereocenters. The van der Waals surface area contributed by atoms with Gasteiger partial charge in [-0.05, 0) is 84.3 Å². The van der Waals surface area contributed by atoms with Gasteiger partial charge in [0, 0.05) is 76.8 Å². The molecule has 0 saturated carbocycles. The van der Waals surface area contributed by atoms with Crippen LogP contribution in [-0.4, -0.2) is 33.4 Å². The van der Waals surface area contributed by atoms with E-state index in [0.29, 0.717) is 54.9 Å². The second kappa shape index (κ2) is 14.2. The molecule has 0 saturated heterocycles. The molecule has 2 aliphatic heterocycles. The molecule has 4 amide bonds. The van der Waals surface area contributed by atoms with Crippen LogP contribution in [0.1, 0.15) is 101 Å². The monoisotopic (exact) mass is 798 g/mol. The molecule has 2 aliphatic rings. The van der Waals surface area contributed by atoms with Crippen molar-refractivity contribution in [2.75, 3.05) is 0 Å². The number of nitrogens with zero attached hydrogens (tertiary/aromatic N) is 2. The van der Waals surface area contributed by atoms with Crippen LogP contribution < -0.4 is 0 Å². The van der Waals surface area contributed by atoms with Crippen molar-refractivity contribution < 1.29 is 19.2 Å². The molecule has 62 heavy (non-hydrogen) atoms. The Hall–Kier alpha value is -8.32. The first kappa shape index (κ1) is 36.7. The molecule has 0 aromatic heterocycles. The second-order valence-corrected chi connectivity index (χ2v) is 15.9. The van der Waals surface area contributed by atoms with E-state index in [1.54, 1.807) is 12.1 Å². The summed E-state index contributed by atoms with van der Waals surface area (Å²) in [5.41, 5.74) is 5.99. The largest absolute Gasteiger partial charge is 0.269 e. The van der Waals surface area contributed by atoms with Crippen LogP contribution in [0, 0.1) is 23.7 Å². The van der Waals surface area contributed by atoms with Gasteiger partial charge in [0.2, 0.25) is 0 Å². The summed E-state index contributed by atoms with van der Waals surface area (Å²) in [6.07, 6.45) is 0. The van der Waals surface area contributed by atoms with Crippen LogP contribution in [0.25, 0.3) is 43.1 Å². The summed E-state index contributed by atoms with van der Waals surface area (Å²) in [5.74, 6) is 11.9. The predicted octanol–water partition coefficient (Wildman–Crippen LogP) is 11.3. The third kappa shape index (κ3) is 5.48. The molecular weight excluding hydrogens is 765 g/mol.